The molecule has 1 radical (unpaired) electrons. The van der Waals surface area contributed by atoms with Crippen LogP contribution in [-0.2, 0) is 0 Å². The predicted octanol–water partition coefficient (Wildman–Crippen LogP) is 2.19. The Morgan fingerprint density at radius 3 is 2.42 bits per heavy atom. The maximum atomic E-state index is 4.19. The molecular weight excluding hydrogens is 148 g/mol. The summed E-state index contributed by atoms with van der Waals surface area (Å²) in [5.74, 6) is 0. The summed E-state index contributed by atoms with van der Waals surface area (Å²) in [6, 6.07) is 12.0. The number of benzene rings is 1. The van der Waals surface area contributed by atoms with Crippen molar-refractivity contribution in [1.29, 1.82) is 0 Å². The van der Waals surface area contributed by atoms with Gasteiger partial charge in [0.25, 0.3) is 0 Å². The van der Waals surface area contributed by atoms with Gasteiger partial charge in [-0.05, 0) is 6.07 Å². The van der Waals surface area contributed by atoms with Crippen molar-refractivity contribution in [3.63, 3.8) is 0 Å². The topological polar surface area (TPSA) is 17.8 Å². The van der Waals surface area contributed by atoms with E-state index in [4.69, 9.17) is 0 Å². The monoisotopic (exact) mass is 157 g/mol. The van der Waals surface area contributed by atoms with Gasteiger partial charge in [-0.3, -0.25) is 4.68 Å². The zero-order valence-corrected chi connectivity index (χ0v) is 6.64. The minimum atomic E-state index is 0.964. The molecule has 2 heteroatoms. The molecule has 2 aromatic rings. The molecule has 1 heterocycles. The first kappa shape index (κ1) is 7.10. The van der Waals surface area contributed by atoms with E-state index < -0.39 is 0 Å². The van der Waals surface area contributed by atoms with Crippen molar-refractivity contribution in [3.8, 4) is 11.3 Å². The van der Waals surface area contributed by atoms with Crippen molar-refractivity contribution >= 4 is 0 Å². The first-order valence-electron chi connectivity index (χ1n) is 3.78. The normalized spacial score (nSPS) is 10.1. The summed E-state index contributed by atoms with van der Waals surface area (Å²) in [6.07, 6.45) is 1.84. The first-order chi connectivity index (χ1) is 5.86. The van der Waals surface area contributed by atoms with E-state index in [9.17, 15) is 0 Å². The van der Waals surface area contributed by atoms with Gasteiger partial charge in [-0.2, -0.15) is 5.10 Å². The van der Waals surface area contributed by atoms with Gasteiger partial charge in [0, 0.05) is 11.8 Å². The second-order valence-electron chi connectivity index (χ2n) is 2.61. The summed E-state index contributed by atoms with van der Waals surface area (Å²) in [5, 5.41) is 4.19. The Morgan fingerprint density at radius 2 is 1.83 bits per heavy atom. The molecule has 1 aromatic carbocycles. The molecule has 59 valence electrons. The number of hydrogen-bond donors (Lipinski definition) is 0. The van der Waals surface area contributed by atoms with Crippen LogP contribution in [0.15, 0.2) is 42.6 Å². The maximum Gasteiger partial charge on any atom is 0.0923 e. The number of hydrogen-bond acceptors (Lipinski definition) is 1. The van der Waals surface area contributed by atoms with Gasteiger partial charge in [-0.15, -0.1) is 0 Å². The molecule has 0 aliphatic rings. The molecule has 0 aliphatic carbocycles. The van der Waals surface area contributed by atoms with Gasteiger partial charge >= 0.3 is 0 Å². The molecular formula is C10H9N2. The molecule has 2 rings (SSSR count). The quantitative estimate of drug-likeness (QED) is 0.620. The number of rotatable bonds is 1. The van der Waals surface area contributed by atoms with Gasteiger partial charge in [0.15, 0.2) is 0 Å². The van der Waals surface area contributed by atoms with E-state index >= 15 is 0 Å². The first-order valence-corrected chi connectivity index (χ1v) is 3.78. The Labute approximate surface area is 71.5 Å². The van der Waals surface area contributed by atoms with E-state index in [-0.39, 0.29) is 0 Å². The molecule has 0 unspecified atom stereocenters. The molecule has 0 N–H and O–H groups in total. The van der Waals surface area contributed by atoms with Gasteiger partial charge < -0.3 is 0 Å². The number of aromatic nitrogens is 2. The van der Waals surface area contributed by atoms with Gasteiger partial charge in [-0.25, -0.2) is 0 Å². The minimum Gasteiger partial charge on any atom is -0.270 e. The lowest BCUT2D eigenvalue weighted by Crippen LogP contribution is -1.84. The summed E-state index contributed by atoms with van der Waals surface area (Å²) in [6.45, 7) is 0. The van der Waals surface area contributed by atoms with Crippen LogP contribution in [-0.4, -0.2) is 9.78 Å². The van der Waals surface area contributed by atoms with E-state index in [2.05, 4.69) is 12.1 Å². The van der Waals surface area contributed by atoms with Crippen LogP contribution in [0.4, 0.5) is 0 Å². The summed E-state index contributed by atoms with van der Waals surface area (Å²) in [4.78, 5) is 0. The lowest BCUT2D eigenvalue weighted by Gasteiger charge is -1.93. The van der Waals surface area contributed by atoms with Crippen LogP contribution in [0, 0.1) is 7.05 Å². The fraction of sp³-hybridized carbons (Fsp3) is 0. The zero-order valence-electron chi connectivity index (χ0n) is 6.64. The van der Waals surface area contributed by atoms with Crippen molar-refractivity contribution in [2.75, 3.05) is 0 Å². The van der Waals surface area contributed by atoms with Crippen molar-refractivity contribution in [3.05, 3.63) is 49.6 Å². The molecule has 1 aromatic heterocycles. The summed E-state index contributed by atoms with van der Waals surface area (Å²) >= 11 is 0. The highest BCUT2D eigenvalue weighted by Gasteiger charge is 1.97. The summed E-state index contributed by atoms with van der Waals surface area (Å²) in [5.41, 5.74) is 2.09. The second-order valence-corrected chi connectivity index (χ2v) is 2.61. The zero-order chi connectivity index (χ0) is 8.39. The molecule has 0 spiro atoms. The largest absolute Gasteiger partial charge is 0.270 e. The highest BCUT2D eigenvalue weighted by molar-refractivity contribution is 5.57. The fourth-order valence-corrected chi connectivity index (χ4v) is 1.12. The Bertz CT molecular complexity index is 362. The molecule has 0 amide bonds. The molecule has 0 saturated heterocycles. The van der Waals surface area contributed by atoms with Crippen LogP contribution < -0.4 is 0 Å². The lowest BCUT2D eigenvalue weighted by molar-refractivity contribution is 0.881. The van der Waals surface area contributed by atoms with Crippen molar-refractivity contribution in [2.24, 2.45) is 0 Å². The van der Waals surface area contributed by atoms with Crippen molar-refractivity contribution < 1.29 is 0 Å². The molecule has 2 nitrogen and oxygen atoms in total. The third-order valence-electron chi connectivity index (χ3n) is 1.71. The highest BCUT2D eigenvalue weighted by Crippen LogP contribution is 2.14. The molecule has 0 bridgehead atoms. The Kier molecular flexibility index (Phi) is 1.67. The second kappa shape index (κ2) is 2.81. The van der Waals surface area contributed by atoms with E-state index in [1.54, 1.807) is 4.68 Å². The molecule has 0 saturated carbocycles. The van der Waals surface area contributed by atoms with Crippen molar-refractivity contribution in [1.82, 2.24) is 9.78 Å². The third kappa shape index (κ3) is 1.23. The smallest absolute Gasteiger partial charge is 0.0923 e. The van der Waals surface area contributed by atoms with E-state index in [0.29, 0.717) is 0 Å². The highest BCUT2D eigenvalue weighted by atomic mass is 15.2. The predicted molar refractivity (Wildman–Crippen MR) is 48.4 cm³/mol. The summed E-state index contributed by atoms with van der Waals surface area (Å²) < 4.78 is 1.56. The standard InChI is InChI=1S/C10H9N2/c1-12-8-7-10(11-12)9-5-3-2-4-6-9/h2-8H,1H2. The van der Waals surface area contributed by atoms with Crippen LogP contribution in [0.1, 0.15) is 0 Å². The summed E-state index contributed by atoms with van der Waals surface area (Å²) in [7, 11) is 3.67. The van der Waals surface area contributed by atoms with Crippen LogP contribution in [0.3, 0.4) is 0 Å². The Morgan fingerprint density at radius 1 is 1.08 bits per heavy atom. The Balaban J connectivity index is 2.45. The van der Waals surface area contributed by atoms with Gasteiger partial charge in [0.1, 0.15) is 0 Å². The maximum absolute atomic E-state index is 4.19. The van der Waals surface area contributed by atoms with Gasteiger partial charge in [0.05, 0.1) is 12.7 Å². The van der Waals surface area contributed by atoms with Gasteiger partial charge in [-0.1, -0.05) is 30.3 Å². The molecule has 12 heavy (non-hydrogen) atoms. The van der Waals surface area contributed by atoms with Crippen LogP contribution in [0.2, 0.25) is 0 Å². The van der Waals surface area contributed by atoms with E-state index in [0.717, 1.165) is 11.3 Å². The van der Waals surface area contributed by atoms with Crippen LogP contribution in [0.25, 0.3) is 11.3 Å². The SMILES string of the molecule is [CH2]n1ccc(-c2ccccc2)n1. The molecule has 0 fully saturated rings. The third-order valence-corrected chi connectivity index (χ3v) is 1.71. The minimum absolute atomic E-state index is 0.964. The van der Waals surface area contributed by atoms with E-state index in [1.807, 2.05) is 42.6 Å². The average Bonchev–Trinajstić information content (AvgIpc) is 2.54. The molecule has 0 atom stereocenters. The molecule has 0 aliphatic heterocycles. The van der Waals surface area contributed by atoms with E-state index in [1.165, 1.54) is 0 Å². The Hall–Kier alpha value is -1.57. The van der Waals surface area contributed by atoms with Crippen LogP contribution in [0.5, 0.6) is 0 Å². The van der Waals surface area contributed by atoms with Crippen LogP contribution >= 0.6 is 0 Å². The number of nitrogens with zero attached hydrogens (tertiary/aromatic N) is 2. The van der Waals surface area contributed by atoms with Gasteiger partial charge in [0.2, 0.25) is 0 Å². The van der Waals surface area contributed by atoms with Crippen molar-refractivity contribution in [2.45, 2.75) is 0 Å². The lowest BCUT2D eigenvalue weighted by atomic mass is 10.2. The fourth-order valence-electron chi connectivity index (χ4n) is 1.12. The average molecular weight is 157 g/mol.